The van der Waals surface area contributed by atoms with Crippen molar-refractivity contribution in [3.63, 3.8) is 0 Å². The Morgan fingerprint density at radius 1 is 1.08 bits per heavy atom. The molecular weight excluding hydrogens is 309 g/mol. The van der Waals surface area contributed by atoms with Gasteiger partial charge in [-0.1, -0.05) is 0 Å². The van der Waals surface area contributed by atoms with Gasteiger partial charge in [0, 0.05) is 37.3 Å². The number of anilines is 3. The Morgan fingerprint density at radius 2 is 1.67 bits per heavy atom. The number of amides is 2. The number of urea groups is 1. The normalized spacial score (nSPS) is 16.9. The Labute approximate surface area is 140 Å². The van der Waals surface area contributed by atoms with Crippen LogP contribution >= 0.6 is 0 Å². The third-order valence-electron chi connectivity index (χ3n) is 4.07. The number of methoxy groups -OCH3 is 1. The second-order valence-electron chi connectivity index (χ2n) is 5.73. The van der Waals surface area contributed by atoms with Crippen molar-refractivity contribution in [1.82, 2.24) is 0 Å². The molecule has 0 spiro atoms. The summed E-state index contributed by atoms with van der Waals surface area (Å²) in [5.74, 6) is -0.339. The van der Waals surface area contributed by atoms with Gasteiger partial charge in [0.1, 0.15) is 5.82 Å². The lowest BCUT2D eigenvalue weighted by molar-refractivity contribution is 0.121. The van der Waals surface area contributed by atoms with E-state index < -0.39 is 0 Å². The summed E-state index contributed by atoms with van der Waals surface area (Å²) in [7, 11) is 1.74. The molecule has 1 atom stereocenters. The van der Waals surface area contributed by atoms with Gasteiger partial charge in [-0.2, -0.15) is 0 Å². The Morgan fingerprint density at radius 3 is 2.21 bits per heavy atom. The first-order chi connectivity index (χ1) is 11.6. The maximum Gasteiger partial charge on any atom is 0.323 e. The number of halogens is 1. The fraction of sp³-hybridized carbons (Fsp3) is 0.278. The Hall–Kier alpha value is -2.60. The molecule has 6 heteroatoms. The Bertz CT molecular complexity index is 688. The minimum Gasteiger partial charge on any atom is -0.380 e. The number of rotatable bonds is 4. The van der Waals surface area contributed by atoms with Crippen molar-refractivity contribution in [3.8, 4) is 0 Å². The van der Waals surface area contributed by atoms with Crippen LogP contribution in [0.1, 0.15) is 6.42 Å². The molecule has 1 aliphatic rings. The lowest BCUT2D eigenvalue weighted by Gasteiger charge is -2.18. The summed E-state index contributed by atoms with van der Waals surface area (Å²) in [6.07, 6.45) is 1.31. The van der Waals surface area contributed by atoms with Crippen molar-refractivity contribution in [3.05, 3.63) is 54.3 Å². The molecule has 1 fully saturated rings. The number of hydrogen-bond donors (Lipinski definition) is 2. The van der Waals surface area contributed by atoms with E-state index in [1.54, 1.807) is 7.11 Å². The molecule has 24 heavy (non-hydrogen) atoms. The number of nitrogens with one attached hydrogen (secondary N) is 2. The molecule has 3 rings (SSSR count). The maximum absolute atomic E-state index is 12.8. The van der Waals surface area contributed by atoms with Crippen LogP contribution in [0.3, 0.4) is 0 Å². The monoisotopic (exact) mass is 329 g/mol. The molecule has 2 aromatic rings. The Balaban J connectivity index is 1.56. The van der Waals surface area contributed by atoms with Crippen molar-refractivity contribution in [1.29, 1.82) is 0 Å². The van der Waals surface area contributed by atoms with Crippen LogP contribution in [0.4, 0.5) is 26.2 Å². The zero-order chi connectivity index (χ0) is 16.9. The van der Waals surface area contributed by atoms with Crippen LogP contribution in [0.15, 0.2) is 48.5 Å². The zero-order valence-corrected chi connectivity index (χ0v) is 13.5. The van der Waals surface area contributed by atoms with Crippen molar-refractivity contribution in [2.45, 2.75) is 12.5 Å². The van der Waals surface area contributed by atoms with E-state index in [9.17, 15) is 9.18 Å². The highest BCUT2D eigenvalue weighted by Gasteiger charge is 2.22. The van der Waals surface area contributed by atoms with Crippen LogP contribution in [-0.4, -0.2) is 32.3 Å². The zero-order valence-electron chi connectivity index (χ0n) is 13.5. The predicted octanol–water partition coefficient (Wildman–Crippen LogP) is 3.69. The van der Waals surface area contributed by atoms with Crippen molar-refractivity contribution in [2.24, 2.45) is 0 Å². The van der Waals surface area contributed by atoms with Gasteiger partial charge in [-0.25, -0.2) is 9.18 Å². The summed E-state index contributed by atoms with van der Waals surface area (Å²) >= 11 is 0. The third-order valence-corrected chi connectivity index (χ3v) is 4.07. The fourth-order valence-corrected chi connectivity index (χ4v) is 2.74. The summed E-state index contributed by atoms with van der Waals surface area (Å²) in [4.78, 5) is 14.2. The summed E-state index contributed by atoms with van der Waals surface area (Å²) in [6.45, 7) is 1.85. The number of nitrogens with zero attached hydrogens (tertiary/aromatic N) is 1. The molecule has 0 unspecified atom stereocenters. The molecule has 2 N–H and O–H groups in total. The van der Waals surface area contributed by atoms with Crippen LogP contribution in [0.2, 0.25) is 0 Å². The predicted molar refractivity (Wildman–Crippen MR) is 93.1 cm³/mol. The Kier molecular flexibility index (Phi) is 4.96. The van der Waals surface area contributed by atoms with Gasteiger partial charge in [0.2, 0.25) is 0 Å². The molecular formula is C18H20FN3O2. The first kappa shape index (κ1) is 16.3. The SMILES string of the molecule is CO[C@H]1CCN(c2ccc(NC(=O)Nc3ccc(F)cc3)cc2)C1. The average molecular weight is 329 g/mol. The van der Waals surface area contributed by atoms with E-state index in [-0.39, 0.29) is 18.0 Å². The van der Waals surface area contributed by atoms with Crippen molar-refractivity contribution < 1.29 is 13.9 Å². The molecule has 1 aliphatic heterocycles. The van der Waals surface area contributed by atoms with E-state index in [4.69, 9.17) is 4.74 Å². The number of carbonyl (C=O) groups excluding carboxylic acids is 1. The molecule has 0 aliphatic carbocycles. The number of ether oxygens (including phenoxy) is 1. The summed E-state index contributed by atoms with van der Waals surface area (Å²) in [5, 5.41) is 5.41. The largest absolute Gasteiger partial charge is 0.380 e. The van der Waals surface area contributed by atoms with Crippen LogP contribution in [0.5, 0.6) is 0 Å². The molecule has 2 aromatic carbocycles. The fourth-order valence-electron chi connectivity index (χ4n) is 2.74. The molecule has 1 heterocycles. The highest BCUT2D eigenvalue weighted by molar-refractivity contribution is 5.99. The molecule has 5 nitrogen and oxygen atoms in total. The molecule has 126 valence electrons. The maximum atomic E-state index is 12.8. The molecule has 0 radical (unpaired) electrons. The van der Waals surface area contributed by atoms with E-state index in [1.807, 2.05) is 24.3 Å². The van der Waals surface area contributed by atoms with Crippen molar-refractivity contribution in [2.75, 3.05) is 35.7 Å². The lowest BCUT2D eigenvalue weighted by Crippen LogP contribution is -2.22. The minimum absolute atomic E-state index is 0.282. The molecule has 1 saturated heterocycles. The van der Waals surface area contributed by atoms with Gasteiger partial charge in [-0.3, -0.25) is 0 Å². The van der Waals surface area contributed by atoms with Gasteiger partial charge >= 0.3 is 6.03 Å². The standard InChI is InChI=1S/C18H20FN3O2/c1-24-17-10-11-22(12-17)16-8-6-15(7-9-16)21-18(23)20-14-4-2-13(19)3-5-14/h2-9,17H,10-12H2,1H3,(H2,20,21,23)/t17-/m0/s1. The molecule has 0 saturated carbocycles. The van der Waals surface area contributed by atoms with Gasteiger partial charge in [-0.05, 0) is 55.0 Å². The molecule has 0 bridgehead atoms. The van der Waals surface area contributed by atoms with Gasteiger partial charge in [0.05, 0.1) is 6.10 Å². The summed E-state index contributed by atoms with van der Waals surface area (Å²) < 4.78 is 18.2. The molecule has 0 aromatic heterocycles. The van der Waals surface area contributed by atoms with E-state index in [1.165, 1.54) is 24.3 Å². The van der Waals surface area contributed by atoms with Crippen LogP contribution < -0.4 is 15.5 Å². The van der Waals surface area contributed by atoms with E-state index in [2.05, 4.69) is 15.5 Å². The van der Waals surface area contributed by atoms with Gasteiger partial charge in [0.15, 0.2) is 0 Å². The highest BCUT2D eigenvalue weighted by Crippen LogP contribution is 2.23. The van der Waals surface area contributed by atoms with E-state index in [0.29, 0.717) is 11.4 Å². The van der Waals surface area contributed by atoms with E-state index >= 15 is 0 Å². The van der Waals surface area contributed by atoms with Crippen LogP contribution in [0, 0.1) is 5.82 Å². The van der Waals surface area contributed by atoms with Crippen LogP contribution in [0.25, 0.3) is 0 Å². The number of hydrogen-bond acceptors (Lipinski definition) is 3. The summed E-state index contributed by atoms with van der Waals surface area (Å²) in [6, 6.07) is 12.9. The van der Waals surface area contributed by atoms with Crippen LogP contribution in [-0.2, 0) is 4.74 Å². The first-order valence-electron chi connectivity index (χ1n) is 7.85. The lowest BCUT2D eigenvalue weighted by atomic mass is 10.2. The topological polar surface area (TPSA) is 53.6 Å². The van der Waals surface area contributed by atoms with E-state index in [0.717, 1.165) is 25.2 Å². The smallest absolute Gasteiger partial charge is 0.323 e. The average Bonchev–Trinajstić information content (AvgIpc) is 3.07. The summed E-state index contributed by atoms with van der Waals surface area (Å²) in [5.41, 5.74) is 2.34. The number of benzene rings is 2. The first-order valence-corrected chi connectivity index (χ1v) is 7.85. The van der Waals surface area contributed by atoms with Gasteiger partial charge in [-0.15, -0.1) is 0 Å². The quantitative estimate of drug-likeness (QED) is 0.899. The second-order valence-corrected chi connectivity index (χ2v) is 5.73. The van der Waals surface area contributed by atoms with Gasteiger partial charge < -0.3 is 20.3 Å². The van der Waals surface area contributed by atoms with Gasteiger partial charge in [0.25, 0.3) is 0 Å². The molecule has 2 amide bonds. The second kappa shape index (κ2) is 7.31. The van der Waals surface area contributed by atoms with Crippen molar-refractivity contribution >= 4 is 23.1 Å². The third kappa shape index (κ3) is 4.02. The number of carbonyl (C=O) groups is 1. The minimum atomic E-state index is -0.366. The highest BCUT2D eigenvalue weighted by atomic mass is 19.1.